The minimum atomic E-state index is -0.417. The Hall–Kier alpha value is 0.0543. The zero-order valence-corrected chi connectivity index (χ0v) is 21.0. The van der Waals surface area contributed by atoms with Gasteiger partial charge in [-0.05, 0) is 32.1 Å². The summed E-state index contributed by atoms with van der Waals surface area (Å²) in [4.78, 5) is 0. The van der Waals surface area contributed by atoms with Crippen LogP contribution >= 0.6 is 0 Å². The van der Waals surface area contributed by atoms with Gasteiger partial charge in [0.2, 0.25) is 0 Å². The van der Waals surface area contributed by atoms with E-state index in [2.05, 4.69) is 16.5 Å². The Bertz CT molecular complexity index is 291. The van der Waals surface area contributed by atoms with E-state index in [0.717, 1.165) is 6.54 Å². The van der Waals surface area contributed by atoms with Crippen LogP contribution in [0.2, 0.25) is 0 Å². The molecule has 2 aliphatic rings. The molecule has 28 heavy (non-hydrogen) atoms. The van der Waals surface area contributed by atoms with Crippen LogP contribution in [0, 0.1) is 0 Å². The van der Waals surface area contributed by atoms with Crippen LogP contribution in [0.3, 0.4) is 0 Å². The Morgan fingerprint density at radius 2 is 1.14 bits per heavy atom. The molecule has 6 nitrogen and oxygen atoms in total. The summed E-state index contributed by atoms with van der Waals surface area (Å²) in [7, 11) is 0. The molecule has 0 aromatic carbocycles. The van der Waals surface area contributed by atoms with Crippen molar-refractivity contribution in [3.63, 3.8) is 0 Å². The first-order chi connectivity index (χ1) is 12.4. The molecule has 1 saturated heterocycles. The third-order valence-electron chi connectivity index (χ3n) is 2.47. The first-order valence-electron chi connectivity index (χ1n) is 10.2. The quantitative estimate of drug-likeness (QED) is 0.560. The van der Waals surface area contributed by atoms with Crippen LogP contribution in [-0.4, -0.2) is 42.5 Å². The fourth-order valence-electron chi connectivity index (χ4n) is 1.83. The van der Waals surface area contributed by atoms with Crippen LogP contribution in [0.25, 0.3) is 0 Å². The van der Waals surface area contributed by atoms with E-state index in [1.54, 1.807) is 55.4 Å². The number of hydrazine groups is 1. The van der Waals surface area contributed by atoms with Crippen LogP contribution in [0.15, 0.2) is 11.8 Å². The average molecular weight is 436 g/mol. The van der Waals surface area contributed by atoms with Crippen LogP contribution < -0.4 is 25.9 Å². The number of rotatable bonds is 0. The van der Waals surface area contributed by atoms with Gasteiger partial charge in [-0.1, -0.05) is 61.5 Å². The molecule has 1 N–H and O–H groups in total. The van der Waals surface area contributed by atoms with Gasteiger partial charge in [0, 0.05) is 18.8 Å². The summed E-state index contributed by atoms with van der Waals surface area (Å²) in [5.41, 5.74) is 4.98. The summed E-state index contributed by atoms with van der Waals surface area (Å²) in [6.45, 7) is 15.3. The van der Waals surface area contributed by atoms with Gasteiger partial charge in [-0.15, -0.1) is 24.4 Å². The zero-order valence-electron chi connectivity index (χ0n) is 19.4. The van der Waals surface area contributed by atoms with Crippen molar-refractivity contribution in [1.29, 1.82) is 0 Å². The number of hydrogen-bond donors (Lipinski definition) is 1. The smallest absolute Gasteiger partial charge is 0.852 e. The van der Waals surface area contributed by atoms with Crippen molar-refractivity contribution in [2.24, 2.45) is 0 Å². The standard InChI is InChI=1S/C9H16N2.4C3H7O.Ti/c1-3-7-10-11-8-4-2-6-9(11)5-1;4*1-3(2)4;/h6,10H,1-5,7-8H2;4*3H,1-2H3;/q;4*-1;+4. The number of fused-ring (bicyclic) bond motifs is 1. The number of allylic oxidation sites excluding steroid dienone is 2. The molecule has 2 rings (SSSR count). The molecule has 0 spiro atoms. The minimum absolute atomic E-state index is 0. The Morgan fingerprint density at radius 1 is 0.750 bits per heavy atom. The SMILES string of the molecule is C1=C2CCCCNN2CCC1.CC(C)[O-].CC(C)[O-].CC(C)[O-].CC(C)[O-].[Ti+4]. The Kier molecular flexibility index (Phi) is 31.8. The van der Waals surface area contributed by atoms with Crippen molar-refractivity contribution in [2.75, 3.05) is 13.1 Å². The van der Waals surface area contributed by atoms with E-state index in [1.807, 2.05) is 0 Å². The van der Waals surface area contributed by atoms with Gasteiger partial charge in [0.15, 0.2) is 0 Å². The molecule has 0 amide bonds. The Labute approximate surface area is 189 Å². The van der Waals surface area contributed by atoms with Gasteiger partial charge in [-0.25, -0.2) is 5.43 Å². The molecule has 0 aliphatic carbocycles. The van der Waals surface area contributed by atoms with Crippen molar-refractivity contribution in [2.45, 2.75) is 112 Å². The first-order valence-corrected chi connectivity index (χ1v) is 10.2. The monoisotopic (exact) mass is 436 g/mol. The van der Waals surface area contributed by atoms with Gasteiger partial charge in [-0.3, -0.25) is 0 Å². The molecule has 7 heteroatoms. The third-order valence-corrected chi connectivity index (χ3v) is 2.47. The van der Waals surface area contributed by atoms with Gasteiger partial charge < -0.3 is 25.4 Å². The fraction of sp³-hybridized carbons (Fsp3) is 0.905. The number of nitrogens with one attached hydrogen (secondary N) is 1. The van der Waals surface area contributed by atoms with Crippen LogP contribution in [0.1, 0.15) is 87.5 Å². The van der Waals surface area contributed by atoms with Crippen LogP contribution in [0.4, 0.5) is 0 Å². The molecular weight excluding hydrogens is 392 g/mol. The molecule has 2 heterocycles. The molecule has 2 aliphatic heterocycles. The van der Waals surface area contributed by atoms with Gasteiger partial charge >= 0.3 is 21.7 Å². The third kappa shape index (κ3) is 45.0. The van der Waals surface area contributed by atoms with Crippen molar-refractivity contribution in [3.05, 3.63) is 11.8 Å². The van der Waals surface area contributed by atoms with Gasteiger partial charge in [0.1, 0.15) is 0 Å². The van der Waals surface area contributed by atoms with E-state index < -0.39 is 24.4 Å². The van der Waals surface area contributed by atoms with Gasteiger partial charge in [0.05, 0.1) is 0 Å². The van der Waals surface area contributed by atoms with E-state index in [9.17, 15) is 20.4 Å². The predicted molar refractivity (Wildman–Crippen MR) is 106 cm³/mol. The van der Waals surface area contributed by atoms with Crippen molar-refractivity contribution < 1.29 is 42.1 Å². The molecule has 1 fully saturated rings. The number of nitrogens with zero attached hydrogens (tertiary/aromatic N) is 1. The Balaban J connectivity index is -0.000000145. The summed E-state index contributed by atoms with van der Waals surface area (Å²) in [5, 5.41) is 40.5. The molecule has 0 aromatic heterocycles. The van der Waals surface area contributed by atoms with E-state index in [-0.39, 0.29) is 21.7 Å². The summed E-state index contributed by atoms with van der Waals surface area (Å²) in [5.74, 6) is 0. The van der Waals surface area contributed by atoms with Crippen molar-refractivity contribution in [3.8, 4) is 0 Å². The van der Waals surface area contributed by atoms with Gasteiger partial charge in [-0.2, -0.15) is 0 Å². The van der Waals surface area contributed by atoms with Crippen molar-refractivity contribution >= 4 is 0 Å². The second-order valence-electron chi connectivity index (χ2n) is 7.55. The Morgan fingerprint density at radius 3 is 1.54 bits per heavy atom. The van der Waals surface area contributed by atoms with E-state index in [1.165, 1.54) is 44.3 Å². The van der Waals surface area contributed by atoms with Crippen LogP contribution in [0.5, 0.6) is 0 Å². The maximum absolute atomic E-state index is 9.53. The van der Waals surface area contributed by atoms with Crippen molar-refractivity contribution in [1.82, 2.24) is 10.4 Å². The number of hydrogen-bond acceptors (Lipinski definition) is 6. The molecular formula is C21H44N2O4Ti. The van der Waals surface area contributed by atoms with E-state index >= 15 is 0 Å². The molecule has 166 valence electrons. The largest absolute Gasteiger partial charge is 4.00 e. The summed E-state index contributed by atoms with van der Waals surface area (Å²) in [6, 6.07) is 0. The maximum Gasteiger partial charge on any atom is 4.00 e. The molecule has 0 aromatic rings. The molecule has 0 atom stereocenters. The molecule has 0 saturated carbocycles. The fourth-order valence-corrected chi connectivity index (χ4v) is 1.83. The second kappa shape index (κ2) is 25.1. The predicted octanol–water partition coefficient (Wildman–Crippen LogP) is 0.673. The zero-order chi connectivity index (χ0) is 21.8. The summed E-state index contributed by atoms with van der Waals surface area (Å²) < 4.78 is 0. The summed E-state index contributed by atoms with van der Waals surface area (Å²) in [6.07, 6.45) is 7.29. The second-order valence-corrected chi connectivity index (χ2v) is 7.55. The first kappa shape index (κ1) is 35.5. The minimum Gasteiger partial charge on any atom is -0.852 e. The maximum atomic E-state index is 9.53. The average Bonchev–Trinajstić information content (AvgIpc) is 2.70. The topological polar surface area (TPSA) is 108 Å². The van der Waals surface area contributed by atoms with Crippen LogP contribution in [-0.2, 0) is 21.7 Å². The van der Waals surface area contributed by atoms with E-state index in [4.69, 9.17) is 0 Å². The van der Waals surface area contributed by atoms with E-state index in [0.29, 0.717) is 0 Å². The summed E-state index contributed by atoms with van der Waals surface area (Å²) >= 11 is 0. The molecule has 0 unspecified atom stereocenters. The molecule has 0 bridgehead atoms. The normalized spacial score (nSPS) is 15.1. The van der Waals surface area contributed by atoms with Gasteiger partial charge in [0.25, 0.3) is 0 Å². The molecule has 0 radical (unpaired) electrons.